The third kappa shape index (κ3) is 4.28. The first-order valence-electron chi connectivity index (χ1n) is 6.80. The lowest BCUT2D eigenvalue weighted by atomic mass is 10.0. The molecule has 0 bridgehead atoms. The fourth-order valence-electron chi connectivity index (χ4n) is 3.01. The van der Waals surface area contributed by atoms with Gasteiger partial charge >= 0.3 is 5.97 Å². The summed E-state index contributed by atoms with van der Waals surface area (Å²) in [5, 5.41) is 8.55. The first kappa shape index (κ1) is 12.8. The van der Waals surface area contributed by atoms with Crippen LogP contribution in [-0.2, 0) is 9.53 Å². The second-order valence-corrected chi connectivity index (χ2v) is 5.36. The maximum atomic E-state index is 10.4. The molecule has 0 aromatic rings. The number of aliphatic carboxylic acids is 1. The first-order valence-corrected chi connectivity index (χ1v) is 6.80. The number of hydrogen-bond acceptors (Lipinski definition) is 3. The van der Waals surface area contributed by atoms with Gasteiger partial charge in [0.25, 0.3) is 0 Å². The van der Waals surface area contributed by atoms with Crippen molar-refractivity contribution in [3.8, 4) is 0 Å². The summed E-state index contributed by atoms with van der Waals surface area (Å²) in [6.07, 6.45) is 7.74. The average Bonchev–Trinajstić information content (AvgIpc) is 2.81. The van der Waals surface area contributed by atoms with Crippen molar-refractivity contribution in [2.75, 3.05) is 26.2 Å². The van der Waals surface area contributed by atoms with E-state index >= 15 is 0 Å². The normalized spacial score (nSPS) is 24.2. The lowest BCUT2D eigenvalue weighted by Gasteiger charge is -2.33. The molecule has 0 radical (unpaired) electrons. The van der Waals surface area contributed by atoms with Crippen LogP contribution in [0.4, 0.5) is 0 Å². The summed E-state index contributed by atoms with van der Waals surface area (Å²) in [4.78, 5) is 12.9. The zero-order valence-electron chi connectivity index (χ0n) is 10.4. The van der Waals surface area contributed by atoms with Crippen LogP contribution in [0.5, 0.6) is 0 Å². The second kappa shape index (κ2) is 6.36. The van der Waals surface area contributed by atoms with Crippen LogP contribution < -0.4 is 0 Å². The molecule has 0 atom stereocenters. The highest BCUT2D eigenvalue weighted by Crippen LogP contribution is 2.26. The SMILES string of the molecule is O=C(O)COC1CCN(CC2CCCC2)CC1. The third-order valence-electron chi connectivity index (χ3n) is 3.97. The minimum absolute atomic E-state index is 0.146. The molecule has 1 aliphatic carbocycles. The van der Waals surface area contributed by atoms with E-state index in [0.717, 1.165) is 31.8 Å². The number of carboxylic acid groups (broad SMARTS) is 1. The van der Waals surface area contributed by atoms with E-state index in [4.69, 9.17) is 9.84 Å². The van der Waals surface area contributed by atoms with E-state index in [1.54, 1.807) is 0 Å². The van der Waals surface area contributed by atoms with E-state index in [1.807, 2.05) is 0 Å². The van der Waals surface area contributed by atoms with Crippen molar-refractivity contribution in [1.29, 1.82) is 0 Å². The monoisotopic (exact) mass is 241 g/mol. The molecule has 1 heterocycles. The van der Waals surface area contributed by atoms with Crippen LogP contribution in [-0.4, -0.2) is 48.3 Å². The highest BCUT2D eigenvalue weighted by atomic mass is 16.5. The predicted molar refractivity (Wildman–Crippen MR) is 65.0 cm³/mol. The molecule has 1 aliphatic heterocycles. The number of carbonyl (C=O) groups is 1. The maximum absolute atomic E-state index is 10.4. The molecule has 2 rings (SSSR count). The Morgan fingerprint density at radius 1 is 1.18 bits per heavy atom. The summed E-state index contributed by atoms with van der Waals surface area (Å²) < 4.78 is 5.34. The number of hydrogen-bond donors (Lipinski definition) is 1. The smallest absolute Gasteiger partial charge is 0.329 e. The quantitative estimate of drug-likeness (QED) is 0.796. The zero-order valence-corrected chi connectivity index (χ0v) is 10.4. The topological polar surface area (TPSA) is 49.8 Å². The van der Waals surface area contributed by atoms with Crippen molar-refractivity contribution in [1.82, 2.24) is 4.90 Å². The van der Waals surface area contributed by atoms with Gasteiger partial charge in [0.05, 0.1) is 6.10 Å². The standard InChI is InChI=1S/C13H23NO3/c15-13(16)10-17-12-5-7-14(8-6-12)9-11-3-1-2-4-11/h11-12H,1-10H2,(H,15,16). The highest BCUT2D eigenvalue weighted by Gasteiger charge is 2.23. The lowest BCUT2D eigenvalue weighted by Crippen LogP contribution is -2.39. The molecule has 98 valence electrons. The van der Waals surface area contributed by atoms with Crippen molar-refractivity contribution in [3.63, 3.8) is 0 Å². The summed E-state index contributed by atoms with van der Waals surface area (Å²) in [6, 6.07) is 0. The van der Waals surface area contributed by atoms with Gasteiger partial charge in [-0.1, -0.05) is 12.8 Å². The number of rotatable bonds is 5. The number of nitrogens with zero attached hydrogens (tertiary/aromatic N) is 1. The highest BCUT2D eigenvalue weighted by molar-refractivity contribution is 5.68. The second-order valence-electron chi connectivity index (χ2n) is 5.36. The van der Waals surface area contributed by atoms with Gasteiger partial charge in [0.2, 0.25) is 0 Å². The molecule has 4 nitrogen and oxygen atoms in total. The number of ether oxygens (including phenoxy) is 1. The average molecular weight is 241 g/mol. The van der Waals surface area contributed by atoms with Crippen molar-refractivity contribution in [3.05, 3.63) is 0 Å². The molecule has 2 fully saturated rings. The molecule has 0 aromatic heterocycles. The Morgan fingerprint density at radius 3 is 2.41 bits per heavy atom. The van der Waals surface area contributed by atoms with Gasteiger partial charge in [-0.3, -0.25) is 0 Å². The van der Waals surface area contributed by atoms with Crippen LogP contribution in [0.1, 0.15) is 38.5 Å². The Morgan fingerprint density at radius 2 is 1.82 bits per heavy atom. The Kier molecular flexibility index (Phi) is 4.80. The van der Waals surface area contributed by atoms with Crippen LogP contribution in [0.2, 0.25) is 0 Å². The molecule has 1 saturated heterocycles. The van der Waals surface area contributed by atoms with Crippen molar-refractivity contribution in [2.24, 2.45) is 5.92 Å². The van der Waals surface area contributed by atoms with E-state index in [1.165, 1.54) is 32.2 Å². The number of carboxylic acids is 1. The van der Waals surface area contributed by atoms with Crippen LogP contribution in [0.15, 0.2) is 0 Å². The summed E-state index contributed by atoms with van der Waals surface area (Å²) in [5.41, 5.74) is 0. The first-order chi connectivity index (χ1) is 8.24. The fraction of sp³-hybridized carbons (Fsp3) is 0.923. The molecule has 2 aliphatic rings. The van der Waals surface area contributed by atoms with Gasteiger partial charge in [-0.05, 0) is 31.6 Å². The van der Waals surface area contributed by atoms with Crippen LogP contribution in [0.3, 0.4) is 0 Å². The molecule has 0 amide bonds. The van der Waals surface area contributed by atoms with Crippen LogP contribution in [0, 0.1) is 5.92 Å². The number of piperidine rings is 1. The molecule has 0 spiro atoms. The van der Waals surface area contributed by atoms with Crippen molar-refractivity contribution < 1.29 is 14.6 Å². The minimum Gasteiger partial charge on any atom is -0.480 e. The number of likely N-dealkylation sites (tertiary alicyclic amines) is 1. The molecule has 1 N–H and O–H groups in total. The molecule has 0 aromatic carbocycles. The maximum Gasteiger partial charge on any atom is 0.329 e. The Bertz CT molecular complexity index is 243. The van der Waals surface area contributed by atoms with E-state index in [0.29, 0.717) is 0 Å². The summed E-state index contributed by atoms with van der Waals surface area (Å²) in [7, 11) is 0. The van der Waals surface area contributed by atoms with Gasteiger partial charge in [0, 0.05) is 19.6 Å². The van der Waals surface area contributed by atoms with Gasteiger partial charge in [-0.15, -0.1) is 0 Å². The van der Waals surface area contributed by atoms with Gasteiger partial charge in [0.15, 0.2) is 0 Å². The minimum atomic E-state index is -0.863. The summed E-state index contributed by atoms with van der Waals surface area (Å²) >= 11 is 0. The lowest BCUT2D eigenvalue weighted by molar-refractivity contribution is -0.145. The molecular formula is C13H23NO3. The summed E-state index contributed by atoms with van der Waals surface area (Å²) in [5.74, 6) is 0.0462. The Labute approximate surface area is 103 Å². The predicted octanol–water partition coefficient (Wildman–Crippen LogP) is 1.74. The van der Waals surface area contributed by atoms with E-state index in [9.17, 15) is 4.79 Å². The summed E-state index contributed by atoms with van der Waals surface area (Å²) in [6.45, 7) is 3.24. The Balaban J connectivity index is 1.61. The molecular weight excluding hydrogens is 218 g/mol. The Hall–Kier alpha value is -0.610. The largest absolute Gasteiger partial charge is 0.480 e. The van der Waals surface area contributed by atoms with Gasteiger partial charge in [-0.2, -0.15) is 0 Å². The fourth-order valence-corrected chi connectivity index (χ4v) is 3.01. The van der Waals surface area contributed by atoms with Gasteiger partial charge in [0.1, 0.15) is 6.61 Å². The third-order valence-corrected chi connectivity index (χ3v) is 3.97. The molecule has 4 heteroatoms. The molecule has 1 saturated carbocycles. The molecule has 0 unspecified atom stereocenters. The van der Waals surface area contributed by atoms with Crippen molar-refractivity contribution >= 4 is 5.97 Å². The zero-order chi connectivity index (χ0) is 12.1. The molecule has 17 heavy (non-hydrogen) atoms. The van der Waals surface area contributed by atoms with Crippen molar-refractivity contribution in [2.45, 2.75) is 44.6 Å². The van der Waals surface area contributed by atoms with Gasteiger partial charge < -0.3 is 14.7 Å². The van der Waals surface area contributed by atoms with E-state index in [-0.39, 0.29) is 12.7 Å². The van der Waals surface area contributed by atoms with E-state index < -0.39 is 5.97 Å². The van der Waals surface area contributed by atoms with Crippen LogP contribution in [0.25, 0.3) is 0 Å². The van der Waals surface area contributed by atoms with E-state index in [2.05, 4.69) is 4.90 Å². The van der Waals surface area contributed by atoms with Gasteiger partial charge in [-0.25, -0.2) is 4.79 Å². The van der Waals surface area contributed by atoms with Crippen LogP contribution >= 0.6 is 0 Å².